The van der Waals surface area contributed by atoms with Gasteiger partial charge in [-0.15, -0.1) is 10.2 Å². The normalized spacial score (nSPS) is 11.8. The number of rotatable bonds is 4. The largest absolute Gasteiger partial charge is 0.312 e. The minimum absolute atomic E-state index is 0.118. The van der Waals surface area contributed by atoms with Crippen molar-refractivity contribution in [1.29, 1.82) is 0 Å². The van der Waals surface area contributed by atoms with E-state index in [1.54, 1.807) is 17.4 Å². The molecule has 1 heterocycles. The van der Waals surface area contributed by atoms with E-state index in [9.17, 15) is 0 Å². The number of aromatic nitrogens is 2. The Labute approximate surface area is 133 Å². The minimum atomic E-state index is 0.118. The predicted octanol–water partition coefficient (Wildman–Crippen LogP) is 4.44. The summed E-state index contributed by atoms with van der Waals surface area (Å²) in [4.78, 5) is 0. The van der Waals surface area contributed by atoms with Gasteiger partial charge in [0.15, 0.2) is 0 Å². The lowest BCUT2D eigenvalue weighted by atomic mass is 10.1. The van der Waals surface area contributed by atoms with Crippen LogP contribution in [0, 0.1) is 0 Å². The highest BCUT2D eigenvalue weighted by Crippen LogP contribution is 2.32. The van der Waals surface area contributed by atoms with E-state index in [1.807, 2.05) is 12.1 Å². The number of nitrogens with one attached hydrogen (secondary N) is 1. The van der Waals surface area contributed by atoms with E-state index < -0.39 is 0 Å². The molecule has 6 heteroatoms. The summed E-state index contributed by atoms with van der Waals surface area (Å²) >= 11 is 13.6. The molecule has 0 atom stereocenters. The van der Waals surface area contributed by atoms with Crippen molar-refractivity contribution >= 4 is 34.5 Å². The van der Waals surface area contributed by atoms with Crippen molar-refractivity contribution in [2.24, 2.45) is 0 Å². The van der Waals surface area contributed by atoms with E-state index in [-0.39, 0.29) is 5.54 Å². The second kappa shape index (κ2) is 6.39. The highest BCUT2D eigenvalue weighted by atomic mass is 35.5. The van der Waals surface area contributed by atoms with Crippen LogP contribution in [-0.4, -0.2) is 22.3 Å². The summed E-state index contributed by atoms with van der Waals surface area (Å²) in [6.45, 7) is 7.32. The first-order valence-electron chi connectivity index (χ1n) is 6.38. The third-order valence-corrected chi connectivity index (χ3v) is 4.19. The summed E-state index contributed by atoms with van der Waals surface area (Å²) in [6, 6.07) is 5.41. The van der Waals surface area contributed by atoms with Crippen LogP contribution in [0.15, 0.2) is 18.2 Å². The topological polar surface area (TPSA) is 37.8 Å². The van der Waals surface area contributed by atoms with Crippen LogP contribution in [0.2, 0.25) is 10.0 Å². The maximum absolute atomic E-state index is 6.18. The fourth-order valence-corrected chi connectivity index (χ4v) is 3.10. The molecule has 0 saturated carbocycles. The van der Waals surface area contributed by atoms with Crippen LogP contribution in [0.1, 0.15) is 25.8 Å². The summed E-state index contributed by atoms with van der Waals surface area (Å²) in [5, 5.41) is 14.9. The van der Waals surface area contributed by atoms with Gasteiger partial charge in [-0.25, -0.2) is 0 Å². The maximum Gasteiger partial charge on any atom is 0.149 e. The highest BCUT2D eigenvalue weighted by molar-refractivity contribution is 7.14. The summed E-state index contributed by atoms with van der Waals surface area (Å²) in [5.41, 5.74) is 0.996. The third-order valence-electron chi connectivity index (χ3n) is 2.62. The Morgan fingerprint density at radius 1 is 1.20 bits per heavy atom. The van der Waals surface area contributed by atoms with E-state index in [4.69, 9.17) is 23.2 Å². The van der Waals surface area contributed by atoms with Crippen molar-refractivity contribution in [2.75, 3.05) is 6.54 Å². The quantitative estimate of drug-likeness (QED) is 0.900. The molecule has 1 aromatic carbocycles. The zero-order valence-electron chi connectivity index (χ0n) is 11.7. The number of nitrogens with zero attached hydrogens (tertiary/aromatic N) is 2. The van der Waals surface area contributed by atoms with Gasteiger partial charge in [0, 0.05) is 29.1 Å². The van der Waals surface area contributed by atoms with Crippen LogP contribution >= 0.6 is 34.5 Å². The Hall–Kier alpha value is -0.680. The van der Waals surface area contributed by atoms with Gasteiger partial charge in [-0.3, -0.25) is 0 Å². The van der Waals surface area contributed by atoms with Crippen LogP contribution in [0.25, 0.3) is 10.6 Å². The van der Waals surface area contributed by atoms with E-state index in [1.165, 1.54) is 0 Å². The molecule has 0 bridgehead atoms. The van der Waals surface area contributed by atoms with Crippen LogP contribution in [-0.2, 0) is 6.42 Å². The molecular formula is C14H17Cl2N3S. The van der Waals surface area contributed by atoms with Gasteiger partial charge in [-0.05, 0) is 39.0 Å². The monoisotopic (exact) mass is 329 g/mol. The first kappa shape index (κ1) is 15.7. The van der Waals surface area contributed by atoms with Gasteiger partial charge in [-0.1, -0.05) is 34.5 Å². The molecular weight excluding hydrogens is 313 g/mol. The molecule has 2 aromatic rings. The Morgan fingerprint density at radius 2 is 1.95 bits per heavy atom. The maximum atomic E-state index is 6.18. The molecule has 0 radical (unpaired) electrons. The summed E-state index contributed by atoms with van der Waals surface area (Å²) in [7, 11) is 0. The van der Waals surface area contributed by atoms with Crippen LogP contribution in [0.3, 0.4) is 0 Å². The molecule has 0 unspecified atom stereocenters. The molecule has 1 N–H and O–H groups in total. The van der Waals surface area contributed by atoms with E-state index in [2.05, 4.69) is 36.3 Å². The van der Waals surface area contributed by atoms with Crippen LogP contribution < -0.4 is 5.32 Å². The fraction of sp³-hybridized carbons (Fsp3) is 0.429. The average Bonchev–Trinajstić information content (AvgIpc) is 2.75. The van der Waals surface area contributed by atoms with Crippen molar-refractivity contribution in [3.05, 3.63) is 33.3 Å². The first-order chi connectivity index (χ1) is 9.35. The van der Waals surface area contributed by atoms with Gasteiger partial charge in [-0.2, -0.15) is 0 Å². The zero-order valence-corrected chi connectivity index (χ0v) is 14.0. The standard InChI is InChI=1S/C14H17Cl2N3S/c1-14(2,3)17-7-6-12-18-19-13(20-12)10-5-4-9(15)8-11(10)16/h4-5,8,17H,6-7H2,1-3H3. The van der Waals surface area contributed by atoms with Gasteiger partial charge in [0.05, 0.1) is 5.02 Å². The summed E-state index contributed by atoms with van der Waals surface area (Å²) in [6.07, 6.45) is 0.861. The Bertz CT molecular complexity index is 590. The van der Waals surface area contributed by atoms with Gasteiger partial charge in [0.1, 0.15) is 10.0 Å². The van der Waals surface area contributed by atoms with Gasteiger partial charge in [0.25, 0.3) is 0 Å². The lowest BCUT2D eigenvalue weighted by Gasteiger charge is -2.19. The highest BCUT2D eigenvalue weighted by Gasteiger charge is 2.12. The second-order valence-corrected chi connectivity index (χ2v) is 7.46. The molecule has 20 heavy (non-hydrogen) atoms. The van der Waals surface area contributed by atoms with Crippen molar-refractivity contribution in [3.8, 4) is 10.6 Å². The van der Waals surface area contributed by atoms with Gasteiger partial charge >= 0.3 is 0 Å². The Kier molecular flexibility index (Phi) is 5.02. The molecule has 1 aromatic heterocycles. The smallest absolute Gasteiger partial charge is 0.149 e. The summed E-state index contributed by atoms with van der Waals surface area (Å²) in [5.74, 6) is 0. The van der Waals surface area contributed by atoms with Crippen LogP contribution in [0.5, 0.6) is 0 Å². The van der Waals surface area contributed by atoms with E-state index >= 15 is 0 Å². The number of halogens is 2. The average molecular weight is 330 g/mol. The molecule has 0 fully saturated rings. The SMILES string of the molecule is CC(C)(C)NCCc1nnc(-c2ccc(Cl)cc2Cl)s1. The minimum Gasteiger partial charge on any atom is -0.312 e. The van der Waals surface area contributed by atoms with Crippen molar-refractivity contribution < 1.29 is 0 Å². The Balaban J connectivity index is 2.05. The van der Waals surface area contributed by atoms with E-state index in [0.717, 1.165) is 28.5 Å². The summed E-state index contributed by atoms with van der Waals surface area (Å²) < 4.78 is 0. The Morgan fingerprint density at radius 3 is 2.60 bits per heavy atom. The van der Waals surface area contributed by atoms with E-state index in [0.29, 0.717) is 10.0 Å². The molecule has 0 amide bonds. The number of hydrogen-bond donors (Lipinski definition) is 1. The van der Waals surface area contributed by atoms with Crippen LogP contribution in [0.4, 0.5) is 0 Å². The lowest BCUT2D eigenvalue weighted by Crippen LogP contribution is -2.37. The zero-order chi connectivity index (χ0) is 14.8. The molecule has 0 spiro atoms. The third kappa shape index (κ3) is 4.42. The molecule has 0 aliphatic heterocycles. The molecule has 108 valence electrons. The van der Waals surface area contributed by atoms with Crippen molar-refractivity contribution in [3.63, 3.8) is 0 Å². The molecule has 0 aliphatic carbocycles. The molecule has 0 aliphatic rings. The number of hydrogen-bond acceptors (Lipinski definition) is 4. The van der Waals surface area contributed by atoms with Gasteiger partial charge < -0.3 is 5.32 Å². The lowest BCUT2D eigenvalue weighted by molar-refractivity contribution is 0.429. The first-order valence-corrected chi connectivity index (χ1v) is 7.95. The fourth-order valence-electron chi connectivity index (χ4n) is 1.67. The van der Waals surface area contributed by atoms with Crippen molar-refractivity contribution in [1.82, 2.24) is 15.5 Å². The number of benzene rings is 1. The molecule has 2 rings (SSSR count). The van der Waals surface area contributed by atoms with Gasteiger partial charge in [0.2, 0.25) is 0 Å². The van der Waals surface area contributed by atoms with Crippen molar-refractivity contribution in [2.45, 2.75) is 32.7 Å². The molecule has 3 nitrogen and oxygen atoms in total. The molecule has 0 saturated heterocycles. The second-order valence-electron chi connectivity index (χ2n) is 5.55. The predicted molar refractivity (Wildman–Crippen MR) is 86.8 cm³/mol.